The van der Waals surface area contributed by atoms with Crippen molar-refractivity contribution in [3.05, 3.63) is 82.0 Å². The van der Waals surface area contributed by atoms with Crippen LogP contribution in [0.5, 0.6) is 11.5 Å². The highest BCUT2D eigenvalue weighted by atomic mass is 32.1. The van der Waals surface area contributed by atoms with Crippen molar-refractivity contribution in [2.45, 2.75) is 18.9 Å². The summed E-state index contributed by atoms with van der Waals surface area (Å²) in [5.74, 6) is 1.45. The van der Waals surface area contributed by atoms with E-state index in [1.165, 1.54) is 16.9 Å². The molecule has 0 radical (unpaired) electrons. The molecule has 2 heterocycles. The van der Waals surface area contributed by atoms with Crippen molar-refractivity contribution in [1.29, 1.82) is 0 Å². The van der Waals surface area contributed by atoms with Crippen LogP contribution in [0.25, 0.3) is 0 Å². The summed E-state index contributed by atoms with van der Waals surface area (Å²) in [6.45, 7) is 1.30. The number of rotatable bonds is 5. The smallest absolute Gasteiger partial charge is 0.261 e. The molecular weight excluding hydrogens is 358 g/mol. The van der Waals surface area contributed by atoms with Gasteiger partial charge in [-0.1, -0.05) is 42.5 Å². The Kier molecular flexibility index (Phi) is 5.39. The summed E-state index contributed by atoms with van der Waals surface area (Å²) in [4.78, 5) is 13.4. The maximum atomic E-state index is 12.7. The fraction of sp³-hybridized carbons (Fsp3) is 0.227. The molecule has 0 fully saturated rings. The number of carbonyl (C=O) groups excluding carboxylic acids is 1. The van der Waals surface area contributed by atoms with Crippen molar-refractivity contribution >= 4 is 17.2 Å². The minimum Gasteiger partial charge on any atom is -0.490 e. The van der Waals surface area contributed by atoms with Gasteiger partial charge in [-0.3, -0.25) is 4.79 Å². The SMILES string of the molecule is O=C(NC(Cc1ccccc1)c1ccc2c(c1)OCCCO2)c1cccs1. The van der Waals surface area contributed by atoms with Crippen LogP contribution >= 0.6 is 11.3 Å². The molecule has 1 aromatic heterocycles. The van der Waals surface area contributed by atoms with E-state index in [9.17, 15) is 4.79 Å². The van der Waals surface area contributed by atoms with Gasteiger partial charge in [0.05, 0.1) is 24.1 Å². The van der Waals surface area contributed by atoms with Crippen molar-refractivity contribution in [3.8, 4) is 11.5 Å². The maximum absolute atomic E-state index is 12.7. The van der Waals surface area contributed by atoms with Crippen molar-refractivity contribution in [2.24, 2.45) is 0 Å². The quantitative estimate of drug-likeness (QED) is 0.703. The molecule has 5 heteroatoms. The van der Waals surface area contributed by atoms with Gasteiger partial charge in [-0.25, -0.2) is 0 Å². The molecule has 1 N–H and O–H groups in total. The molecule has 1 aliphatic heterocycles. The van der Waals surface area contributed by atoms with Crippen molar-refractivity contribution in [1.82, 2.24) is 5.32 Å². The highest BCUT2D eigenvalue weighted by molar-refractivity contribution is 7.12. The average Bonchev–Trinajstić information content (AvgIpc) is 3.14. The zero-order valence-corrected chi connectivity index (χ0v) is 15.7. The first kappa shape index (κ1) is 17.6. The fourth-order valence-electron chi connectivity index (χ4n) is 3.14. The Hall–Kier alpha value is -2.79. The van der Waals surface area contributed by atoms with E-state index in [2.05, 4.69) is 17.4 Å². The number of fused-ring (bicyclic) bond motifs is 1. The largest absolute Gasteiger partial charge is 0.490 e. The lowest BCUT2D eigenvalue weighted by atomic mass is 9.98. The highest BCUT2D eigenvalue weighted by Crippen LogP contribution is 2.33. The summed E-state index contributed by atoms with van der Waals surface area (Å²) in [6.07, 6.45) is 1.57. The van der Waals surface area contributed by atoms with E-state index in [1.54, 1.807) is 0 Å². The molecule has 1 amide bonds. The molecule has 1 aliphatic rings. The third kappa shape index (κ3) is 4.31. The van der Waals surface area contributed by atoms with Crippen LogP contribution in [0, 0.1) is 0 Å². The van der Waals surface area contributed by atoms with Gasteiger partial charge in [0.2, 0.25) is 0 Å². The zero-order chi connectivity index (χ0) is 18.5. The van der Waals surface area contributed by atoms with E-state index in [1.807, 2.05) is 53.9 Å². The van der Waals surface area contributed by atoms with Gasteiger partial charge >= 0.3 is 0 Å². The summed E-state index contributed by atoms with van der Waals surface area (Å²) in [7, 11) is 0. The Morgan fingerprint density at radius 3 is 2.59 bits per heavy atom. The van der Waals surface area contributed by atoms with Gasteiger partial charge in [0, 0.05) is 6.42 Å². The number of amides is 1. The number of hydrogen-bond acceptors (Lipinski definition) is 4. The molecule has 1 atom stereocenters. The molecular formula is C22H21NO3S. The highest BCUT2D eigenvalue weighted by Gasteiger charge is 2.20. The summed E-state index contributed by atoms with van der Waals surface area (Å²) >= 11 is 1.44. The van der Waals surface area contributed by atoms with Crippen LogP contribution in [-0.2, 0) is 6.42 Å². The van der Waals surface area contributed by atoms with E-state index in [0.29, 0.717) is 24.5 Å². The number of thiophene rings is 1. The molecule has 0 spiro atoms. The van der Waals surface area contributed by atoms with Crippen LogP contribution in [0.4, 0.5) is 0 Å². The molecule has 3 aromatic rings. The van der Waals surface area contributed by atoms with Crippen LogP contribution < -0.4 is 14.8 Å². The second kappa shape index (κ2) is 8.27. The van der Waals surface area contributed by atoms with Crippen molar-refractivity contribution in [3.63, 3.8) is 0 Å². The Morgan fingerprint density at radius 2 is 1.81 bits per heavy atom. The van der Waals surface area contributed by atoms with E-state index in [4.69, 9.17) is 9.47 Å². The number of ether oxygens (including phenoxy) is 2. The van der Waals surface area contributed by atoms with E-state index in [-0.39, 0.29) is 11.9 Å². The summed E-state index contributed by atoms with van der Waals surface area (Å²) < 4.78 is 11.6. The Labute approximate surface area is 162 Å². The zero-order valence-electron chi connectivity index (χ0n) is 14.9. The first-order valence-electron chi connectivity index (χ1n) is 9.07. The van der Waals surface area contributed by atoms with Gasteiger partial charge in [-0.05, 0) is 41.1 Å². The van der Waals surface area contributed by atoms with Gasteiger partial charge in [-0.2, -0.15) is 0 Å². The lowest BCUT2D eigenvalue weighted by Crippen LogP contribution is -2.29. The Balaban J connectivity index is 1.62. The molecule has 0 bridgehead atoms. The van der Waals surface area contributed by atoms with Crippen molar-refractivity contribution in [2.75, 3.05) is 13.2 Å². The molecule has 138 valence electrons. The summed E-state index contributed by atoms with van der Waals surface area (Å²) in [5.41, 5.74) is 2.18. The average molecular weight is 379 g/mol. The first-order chi connectivity index (χ1) is 13.3. The predicted octanol–water partition coefficient (Wildman–Crippen LogP) is 4.62. The lowest BCUT2D eigenvalue weighted by Gasteiger charge is -2.20. The standard InChI is InChI=1S/C22H21NO3S/c24-22(21-8-4-13-27-21)23-18(14-16-6-2-1-3-7-16)17-9-10-19-20(15-17)26-12-5-11-25-19/h1-4,6-10,13,15,18H,5,11-12,14H2,(H,23,24). The Bertz CT molecular complexity index is 893. The third-order valence-electron chi connectivity index (χ3n) is 4.51. The van der Waals surface area contributed by atoms with E-state index in [0.717, 1.165) is 23.5 Å². The van der Waals surface area contributed by atoms with Gasteiger partial charge in [-0.15, -0.1) is 11.3 Å². The molecule has 4 nitrogen and oxygen atoms in total. The summed E-state index contributed by atoms with van der Waals surface area (Å²) in [5, 5.41) is 5.09. The minimum absolute atomic E-state index is 0.0574. The van der Waals surface area contributed by atoms with Gasteiger partial charge in [0.15, 0.2) is 11.5 Å². The van der Waals surface area contributed by atoms with E-state index >= 15 is 0 Å². The number of hydrogen-bond donors (Lipinski definition) is 1. The number of carbonyl (C=O) groups is 1. The van der Waals surface area contributed by atoms with E-state index < -0.39 is 0 Å². The fourth-order valence-corrected chi connectivity index (χ4v) is 3.76. The molecule has 4 rings (SSSR count). The minimum atomic E-state index is -0.154. The topological polar surface area (TPSA) is 47.6 Å². The second-order valence-corrected chi connectivity index (χ2v) is 7.40. The van der Waals surface area contributed by atoms with Gasteiger partial charge in [0.25, 0.3) is 5.91 Å². The molecule has 0 saturated carbocycles. The monoisotopic (exact) mass is 379 g/mol. The first-order valence-corrected chi connectivity index (χ1v) is 9.95. The summed E-state index contributed by atoms with van der Waals surface area (Å²) in [6, 6.07) is 19.7. The molecule has 0 saturated heterocycles. The molecule has 1 unspecified atom stereocenters. The van der Waals surface area contributed by atoms with Crippen LogP contribution in [0.1, 0.15) is 33.3 Å². The normalized spacial score (nSPS) is 14.2. The van der Waals surface area contributed by atoms with Crippen molar-refractivity contribution < 1.29 is 14.3 Å². The molecule has 27 heavy (non-hydrogen) atoms. The second-order valence-electron chi connectivity index (χ2n) is 6.45. The van der Waals surface area contributed by atoms with Crippen LogP contribution in [-0.4, -0.2) is 19.1 Å². The Morgan fingerprint density at radius 1 is 1.00 bits per heavy atom. The molecule has 2 aromatic carbocycles. The van der Waals surface area contributed by atoms with Gasteiger partial charge in [0.1, 0.15) is 0 Å². The van der Waals surface area contributed by atoms with Crippen LogP contribution in [0.3, 0.4) is 0 Å². The number of nitrogens with one attached hydrogen (secondary N) is 1. The maximum Gasteiger partial charge on any atom is 0.261 e. The van der Waals surface area contributed by atoms with Crippen LogP contribution in [0.2, 0.25) is 0 Å². The molecule has 0 aliphatic carbocycles. The number of benzene rings is 2. The van der Waals surface area contributed by atoms with Gasteiger partial charge < -0.3 is 14.8 Å². The van der Waals surface area contributed by atoms with Crippen LogP contribution in [0.15, 0.2) is 66.0 Å². The third-order valence-corrected chi connectivity index (χ3v) is 5.38. The lowest BCUT2D eigenvalue weighted by molar-refractivity contribution is 0.0940. The predicted molar refractivity (Wildman–Crippen MR) is 107 cm³/mol.